The van der Waals surface area contributed by atoms with Gasteiger partial charge in [0.15, 0.2) is 0 Å². The molecule has 1 aromatic rings. The maximum atomic E-state index is 12.6. The summed E-state index contributed by atoms with van der Waals surface area (Å²) in [5.74, 6) is 5.48. The molecule has 0 radical (unpaired) electrons. The summed E-state index contributed by atoms with van der Waals surface area (Å²) >= 11 is 0. The average Bonchev–Trinajstić information content (AvgIpc) is 2.98. The number of aliphatic hydroxyl groups is 1. The number of aliphatic hydroxyl groups excluding tert-OH is 1. The van der Waals surface area contributed by atoms with Crippen LogP contribution in [0.5, 0.6) is 0 Å². The second kappa shape index (κ2) is 7.26. The van der Waals surface area contributed by atoms with Crippen LogP contribution in [0.2, 0.25) is 0 Å². The summed E-state index contributed by atoms with van der Waals surface area (Å²) in [6.45, 7) is 3.11. The van der Waals surface area contributed by atoms with E-state index in [-0.39, 0.29) is 18.6 Å². The standard InChI is InChI=1S/C17H21NO3/c1-13-14(7-4-10-19)6-3-9-16(13)17(20)18(2)12-15-8-5-11-21-15/h3,6,9,15,19H,5,8,10-12H2,1-2H3. The SMILES string of the molecule is Cc1c(C#CCO)cccc1C(=O)N(C)CC1CCCO1. The van der Waals surface area contributed by atoms with Crippen molar-refractivity contribution in [1.82, 2.24) is 4.90 Å². The van der Waals surface area contributed by atoms with Gasteiger partial charge < -0.3 is 14.7 Å². The molecule has 1 amide bonds. The van der Waals surface area contributed by atoms with Gasteiger partial charge in [-0.05, 0) is 37.5 Å². The lowest BCUT2D eigenvalue weighted by atomic mass is 10.0. The number of carbonyl (C=O) groups excluding carboxylic acids is 1. The first-order chi connectivity index (χ1) is 10.1. The molecule has 4 heteroatoms. The number of nitrogens with zero attached hydrogens (tertiary/aromatic N) is 1. The zero-order valence-corrected chi connectivity index (χ0v) is 12.6. The van der Waals surface area contributed by atoms with Crippen molar-refractivity contribution < 1.29 is 14.6 Å². The molecule has 1 saturated heterocycles. The van der Waals surface area contributed by atoms with Gasteiger partial charge in [0.25, 0.3) is 5.91 Å². The maximum Gasteiger partial charge on any atom is 0.253 e. The zero-order valence-electron chi connectivity index (χ0n) is 12.6. The monoisotopic (exact) mass is 287 g/mol. The van der Waals surface area contributed by atoms with Crippen LogP contribution in [-0.4, -0.2) is 48.8 Å². The van der Waals surface area contributed by atoms with Crippen LogP contribution in [0.3, 0.4) is 0 Å². The normalized spacial score (nSPS) is 17.2. The lowest BCUT2D eigenvalue weighted by molar-refractivity contribution is 0.0586. The van der Waals surface area contributed by atoms with Gasteiger partial charge in [0, 0.05) is 31.3 Å². The van der Waals surface area contributed by atoms with Gasteiger partial charge >= 0.3 is 0 Å². The van der Waals surface area contributed by atoms with Crippen LogP contribution < -0.4 is 0 Å². The van der Waals surface area contributed by atoms with E-state index in [1.165, 1.54) is 0 Å². The topological polar surface area (TPSA) is 49.8 Å². The Balaban J connectivity index is 2.14. The third kappa shape index (κ3) is 3.84. The summed E-state index contributed by atoms with van der Waals surface area (Å²) in [6.07, 6.45) is 2.23. The average molecular weight is 287 g/mol. The number of hydrogen-bond acceptors (Lipinski definition) is 3. The highest BCUT2D eigenvalue weighted by Crippen LogP contribution is 2.17. The molecule has 0 spiro atoms. The molecule has 1 fully saturated rings. The van der Waals surface area contributed by atoms with E-state index in [1.54, 1.807) is 11.9 Å². The molecule has 0 aliphatic carbocycles. The molecule has 1 aliphatic rings. The quantitative estimate of drug-likeness (QED) is 0.859. The molecule has 1 N–H and O–H groups in total. The van der Waals surface area contributed by atoms with Crippen molar-refractivity contribution in [3.63, 3.8) is 0 Å². The summed E-state index contributed by atoms with van der Waals surface area (Å²) in [6, 6.07) is 5.49. The molecule has 1 heterocycles. The molecule has 1 aliphatic heterocycles. The van der Waals surface area contributed by atoms with Gasteiger partial charge in [0.1, 0.15) is 6.61 Å². The predicted molar refractivity (Wildman–Crippen MR) is 81.1 cm³/mol. The summed E-state index contributed by atoms with van der Waals surface area (Å²) in [5, 5.41) is 8.78. The van der Waals surface area contributed by atoms with Crippen molar-refractivity contribution in [2.75, 3.05) is 26.8 Å². The van der Waals surface area contributed by atoms with Crippen molar-refractivity contribution >= 4 is 5.91 Å². The van der Waals surface area contributed by atoms with E-state index in [4.69, 9.17) is 9.84 Å². The van der Waals surface area contributed by atoms with E-state index < -0.39 is 0 Å². The third-order valence-electron chi connectivity index (χ3n) is 3.71. The van der Waals surface area contributed by atoms with Crippen molar-refractivity contribution in [3.8, 4) is 11.8 Å². The van der Waals surface area contributed by atoms with E-state index >= 15 is 0 Å². The maximum absolute atomic E-state index is 12.6. The molecule has 2 rings (SSSR count). The Kier molecular flexibility index (Phi) is 5.38. The highest BCUT2D eigenvalue weighted by molar-refractivity contribution is 5.96. The van der Waals surface area contributed by atoms with Gasteiger partial charge in [0.05, 0.1) is 6.10 Å². The zero-order chi connectivity index (χ0) is 15.2. The van der Waals surface area contributed by atoms with Gasteiger partial charge in [-0.2, -0.15) is 0 Å². The summed E-state index contributed by atoms with van der Waals surface area (Å²) in [4.78, 5) is 14.3. The minimum absolute atomic E-state index is 0.0179. The van der Waals surface area contributed by atoms with Crippen molar-refractivity contribution in [2.45, 2.75) is 25.9 Å². The van der Waals surface area contributed by atoms with Gasteiger partial charge in [-0.3, -0.25) is 4.79 Å². The van der Waals surface area contributed by atoms with E-state index in [1.807, 2.05) is 25.1 Å². The number of benzene rings is 1. The highest BCUT2D eigenvalue weighted by atomic mass is 16.5. The second-order valence-electron chi connectivity index (χ2n) is 5.26. The Hall–Kier alpha value is -1.83. The Bertz CT molecular complexity index is 565. The number of ether oxygens (including phenoxy) is 1. The Morgan fingerprint density at radius 3 is 3.00 bits per heavy atom. The van der Waals surface area contributed by atoms with Crippen LogP contribution in [-0.2, 0) is 4.74 Å². The molecule has 1 aromatic carbocycles. The number of rotatable bonds is 3. The van der Waals surface area contributed by atoms with Crippen LogP contribution in [0.25, 0.3) is 0 Å². The fourth-order valence-electron chi connectivity index (χ4n) is 2.52. The number of likely N-dealkylation sites (N-methyl/N-ethyl adjacent to an activating group) is 1. The molecule has 1 atom stereocenters. The molecular weight excluding hydrogens is 266 g/mol. The van der Waals surface area contributed by atoms with E-state index in [0.29, 0.717) is 12.1 Å². The molecule has 1 unspecified atom stereocenters. The van der Waals surface area contributed by atoms with Crippen molar-refractivity contribution in [1.29, 1.82) is 0 Å². The number of amides is 1. The lowest BCUT2D eigenvalue weighted by Gasteiger charge is -2.22. The van der Waals surface area contributed by atoms with Gasteiger partial charge in [-0.25, -0.2) is 0 Å². The van der Waals surface area contributed by atoms with Gasteiger partial charge in [-0.15, -0.1) is 0 Å². The van der Waals surface area contributed by atoms with Crippen LogP contribution >= 0.6 is 0 Å². The molecule has 0 aromatic heterocycles. The molecule has 0 bridgehead atoms. The van der Waals surface area contributed by atoms with E-state index in [9.17, 15) is 4.79 Å². The highest BCUT2D eigenvalue weighted by Gasteiger charge is 2.22. The Morgan fingerprint density at radius 1 is 1.52 bits per heavy atom. The molecule has 112 valence electrons. The molecule has 21 heavy (non-hydrogen) atoms. The largest absolute Gasteiger partial charge is 0.384 e. The van der Waals surface area contributed by atoms with Crippen LogP contribution in [0.4, 0.5) is 0 Å². The summed E-state index contributed by atoms with van der Waals surface area (Å²) in [7, 11) is 1.80. The van der Waals surface area contributed by atoms with Gasteiger partial charge in [-0.1, -0.05) is 17.9 Å². The van der Waals surface area contributed by atoms with Crippen LogP contribution in [0.15, 0.2) is 18.2 Å². The van der Waals surface area contributed by atoms with E-state index in [0.717, 1.165) is 30.6 Å². The molecule has 4 nitrogen and oxygen atoms in total. The van der Waals surface area contributed by atoms with Crippen molar-refractivity contribution in [2.24, 2.45) is 0 Å². The third-order valence-corrected chi connectivity index (χ3v) is 3.71. The Labute approximate surface area is 125 Å². The van der Waals surface area contributed by atoms with Crippen LogP contribution in [0.1, 0.15) is 34.3 Å². The first kappa shape index (κ1) is 15.6. The number of hydrogen-bond donors (Lipinski definition) is 1. The fraction of sp³-hybridized carbons (Fsp3) is 0.471. The molecular formula is C17H21NO3. The van der Waals surface area contributed by atoms with Crippen LogP contribution in [0, 0.1) is 18.8 Å². The first-order valence-electron chi connectivity index (χ1n) is 7.20. The predicted octanol–water partition coefficient (Wildman–Crippen LogP) is 1.59. The smallest absolute Gasteiger partial charge is 0.253 e. The fourth-order valence-corrected chi connectivity index (χ4v) is 2.52. The Morgan fingerprint density at radius 2 is 2.33 bits per heavy atom. The number of carbonyl (C=O) groups is 1. The minimum Gasteiger partial charge on any atom is -0.384 e. The van der Waals surface area contributed by atoms with Gasteiger partial charge in [0.2, 0.25) is 0 Å². The summed E-state index contributed by atoms with van der Waals surface area (Å²) < 4.78 is 5.57. The molecule has 0 saturated carbocycles. The van der Waals surface area contributed by atoms with E-state index in [2.05, 4.69) is 11.8 Å². The van der Waals surface area contributed by atoms with Crippen molar-refractivity contribution in [3.05, 3.63) is 34.9 Å². The minimum atomic E-state index is -0.184. The first-order valence-corrected chi connectivity index (χ1v) is 7.20. The second-order valence-corrected chi connectivity index (χ2v) is 5.26. The summed E-state index contributed by atoms with van der Waals surface area (Å²) in [5.41, 5.74) is 2.28. The lowest BCUT2D eigenvalue weighted by Crippen LogP contribution is -2.34.